The largest absolute Gasteiger partial charge is 0.370 e. The van der Waals surface area contributed by atoms with E-state index in [1.54, 1.807) is 16.9 Å². The Kier molecular flexibility index (Phi) is 0.783. The molecule has 0 unspecified atom stereocenters. The number of nitrogens with zero attached hydrogens (tertiary/aromatic N) is 2. The zero-order chi connectivity index (χ0) is 5.28. The van der Waals surface area contributed by atoms with Gasteiger partial charge in [0.1, 0.15) is 0 Å². The minimum absolute atomic E-state index is 0.556. The molecule has 1 aromatic rings. The van der Waals surface area contributed by atoms with E-state index in [4.69, 9.17) is 5.73 Å². The molecule has 0 amide bonds. The summed E-state index contributed by atoms with van der Waals surface area (Å²) < 4.78 is 1.75. The molecule has 0 atom stereocenters. The van der Waals surface area contributed by atoms with E-state index in [1.165, 1.54) is 0 Å². The van der Waals surface area contributed by atoms with Crippen LogP contribution in [0.1, 0.15) is 0 Å². The molecular weight excluding hydrogens is 88.9 g/mol. The molecule has 0 fully saturated rings. The van der Waals surface area contributed by atoms with Crippen molar-refractivity contribution >= 4 is 13.9 Å². The fourth-order valence-electron chi connectivity index (χ4n) is 0.377. The first-order valence-electron chi connectivity index (χ1n) is 2.03. The summed E-state index contributed by atoms with van der Waals surface area (Å²) in [4.78, 5) is 3.76. The Balaban J connectivity index is 3.12. The molecule has 36 valence electrons. The number of anilines is 1. The summed E-state index contributed by atoms with van der Waals surface area (Å²) >= 11 is 0. The Morgan fingerprint density at radius 2 is 2.57 bits per heavy atom. The molecule has 1 heterocycles. The highest BCUT2D eigenvalue weighted by Gasteiger charge is 1.84. The third-order valence-corrected chi connectivity index (χ3v) is 0.858. The standard InChI is InChI=1S/C3H6BN3/c4-7-2-1-6-3(7)5/h1-2H,4H2,(H2,5,6). The smallest absolute Gasteiger partial charge is 0.226 e. The first-order chi connectivity index (χ1) is 3.30. The molecular formula is C3H6BN3. The van der Waals surface area contributed by atoms with Crippen molar-refractivity contribution in [2.45, 2.75) is 0 Å². The molecule has 0 aliphatic rings. The molecule has 0 radical (unpaired) electrons. The second kappa shape index (κ2) is 1.29. The summed E-state index contributed by atoms with van der Waals surface area (Å²) in [7, 11) is 1.85. The third-order valence-electron chi connectivity index (χ3n) is 0.858. The Hall–Kier alpha value is -0.925. The Bertz CT molecular complexity index is 142. The molecule has 2 N–H and O–H groups in total. The summed E-state index contributed by atoms with van der Waals surface area (Å²) in [6.45, 7) is 0. The number of nitrogen functional groups attached to an aromatic ring is 1. The van der Waals surface area contributed by atoms with Gasteiger partial charge in [-0.2, -0.15) is 0 Å². The van der Waals surface area contributed by atoms with Crippen molar-refractivity contribution in [1.82, 2.24) is 9.46 Å². The van der Waals surface area contributed by atoms with Crippen LogP contribution >= 0.6 is 0 Å². The van der Waals surface area contributed by atoms with E-state index in [0.717, 1.165) is 0 Å². The second-order valence-corrected chi connectivity index (χ2v) is 1.40. The number of rotatable bonds is 0. The predicted molar refractivity (Wildman–Crippen MR) is 30.6 cm³/mol. The maximum absolute atomic E-state index is 5.29. The fourth-order valence-corrected chi connectivity index (χ4v) is 0.377. The van der Waals surface area contributed by atoms with E-state index in [9.17, 15) is 0 Å². The van der Waals surface area contributed by atoms with Gasteiger partial charge in [-0.3, -0.25) is 0 Å². The van der Waals surface area contributed by atoms with Crippen molar-refractivity contribution < 1.29 is 0 Å². The van der Waals surface area contributed by atoms with Gasteiger partial charge in [-0.1, -0.05) is 0 Å². The topological polar surface area (TPSA) is 43.8 Å². The Morgan fingerprint density at radius 3 is 2.71 bits per heavy atom. The van der Waals surface area contributed by atoms with E-state index in [0.29, 0.717) is 5.95 Å². The zero-order valence-corrected chi connectivity index (χ0v) is 4.13. The Morgan fingerprint density at radius 1 is 1.86 bits per heavy atom. The highest BCUT2D eigenvalue weighted by molar-refractivity contribution is 6.07. The lowest BCUT2D eigenvalue weighted by Crippen LogP contribution is -1.97. The molecule has 0 aromatic carbocycles. The molecule has 0 saturated heterocycles. The number of hydrogen-bond donors (Lipinski definition) is 1. The summed E-state index contributed by atoms with van der Waals surface area (Å²) in [5, 5.41) is 0. The van der Waals surface area contributed by atoms with Crippen LogP contribution in [-0.4, -0.2) is 17.4 Å². The maximum Gasteiger partial charge on any atom is 0.226 e. The summed E-state index contributed by atoms with van der Waals surface area (Å²) in [5.74, 6) is 0.556. The number of hydrogen-bond acceptors (Lipinski definition) is 2. The van der Waals surface area contributed by atoms with Crippen molar-refractivity contribution in [3.8, 4) is 0 Å². The van der Waals surface area contributed by atoms with Gasteiger partial charge in [0.2, 0.25) is 7.98 Å². The van der Waals surface area contributed by atoms with Crippen molar-refractivity contribution in [2.75, 3.05) is 5.73 Å². The van der Waals surface area contributed by atoms with Crippen LogP contribution in [0.5, 0.6) is 0 Å². The van der Waals surface area contributed by atoms with Gasteiger partial charge in [-0.25, -0.2) is 4.98 Å². The van der Waals surface area contributed by atoms with Gasteiger partial charge < -0.3 is 10.2 Å². The van der Waals surface area contributed by atoms with Crippen LogP contribution in [0.2, 0.25) is 0 Å². The summed E-state index contributed by atoms with van der Waals surface area (Å²) in [6, 6.07) is 0. The predicted octanol–water partition coefficient (Wildman–Crippen LogP) is -1.14. The van der Waals surface area contributed by atoms with Gasteiger partial charge >= 0.3 is 0 Å². The average molecular weight is 94.9 g/mol. The quantitative estimate of drug-likeness (QED) is 0.414. The summed E-state index contributed by atoms with van der Waals surface area (Å²) in [5.41, 5.74) is 5.29. The molecule has 4 heteroatoms. The SMILES string of the molecule is Bn1ccnc1N. The summed E-state index contributed by atoms with van der Waals surface area (Å²) in [6.07, 6.45) is 3.46. The number of imidazole rings is 1. The maximum atomic E-state index is 5.29. The highest BCUT2D eigenvalue weighted by Crippen LogP contribution is 1.89. The lowest BCUT2D eigenvalue weighted by molar-refractivity contribution is 1.23. The van der Waals surface area contributed by atoms with Crippen LogP contribution in [-0.2, 0) is 0 Å². The average Bonchev–Trinajstić information content (AvgIpc) is 1.91. The molecule has 7 heavy (non-hydrogen) atoms. The second-order valence-electron chi connectivity index (χ2n) is 1.40. The van der Waals surface area contributed by atoms with Gasteiger partial charge in [0.25, 0.3) is 0 Å². The minimum atomic E-state index is 0.556. The minimum Gasteiger partial charge on any atom is -0.370 e. The van der Waals surface area contributed by atoms with Gasteiger partial charge in [-0.15, -0.1) is 0 Å². The first-order valence-corrected chi connectivity index (χ1v) is 2.03. The molecule has 0 bridgehead atoms. The fraction of sp³-hybridized carbons (Fsp3) is 0. The third kappa shape index (κ3) is 0.583. The van der Waals surface area contributed by atoms with Crippen LogP contribution in [0, 0.1) is 0 Å². The normalized spacial score (nSPS) is 9.14. The highest BCUT2D eigenvalue weighted by atomic mass is 15.1. The molecule has 1 aromatic heterocycles. The van der Waals surface area contributed by atoms with E-state index in [2.05, 4.69) is 4.98 Å². The van der Waals surface area contributed by atoms with Crippen molar-refractivity contribution in [2.24, 2.45) is 0 Å². The number of nitrogens with two attached hydrogens (primary N) is 1. The van der Waals surface area contributed by atoms with Crippen LogP contribution in [0.4, 0.5) is 5.95 Å². The van der Waals surface area contributed by atoms with Gasteiger partial charge in [0, 0.05) is 12.4 Å². The van der Waals surface area contributed by atoms with Crippen molar-refractivity contribution in [3.63, 3.8) is 0 Å². The molecule has 0 spiro atoms. The van der Waals surface area contributed by atoms with E-state index >= 15 is 0 Å². The monoisotopic (exact) mass is 95.1 g/mol. The van der Waals surface area contributed by atoms with E-state index < -0.39 is 0 Å². The molecule has 0 aliphatic carbocycles. The zero-order valence-electron chi connectivity index (χ0n) is 4.13. The van der Waals surface area contributed by atoms with Crippen molar-refractivity contribution in [1.29, 1.82) is 0 Å². The van der Waals surface area contributed by atoms with Crippen LogP contribution < -0.4 is 5.73 Å². The lowest BCUT2D eigenvalue weighted by atomic mass is 10.4. The first kappa shape index (κ1) is 4.24. The lowest BCUT2D eigenvalue weighted by Gasteiger charge is -1.87. The van der Waals surface area contributed by atoms with Gasteiger partial charge in [0.05, 0.1) is 0 Å². The molecule has 0 saturated carbocycles. The number of aromatic nitrogens is 2. The Labute approximate surface area is 42.6 Å². The molecule has 3 nitrogen and oxygen atoms in total. The van der Waals surface area contributed by atoms with Crippen LogP contribution in [0.3, 0.4) is 0 Å². The van der Waals surface area contributed by atoms with Crippen LogP contribution in [0.15, 0.2) is 12.4 Å². The van der Waals surface area contributed by atoms with Gasteiger partial charge in [0.15, 0.2) is 5.95 Å². The van der Waals surface area contributed by atoms with E-state index in [1.807, 2.05) is 7.98 Å². The van der Waals surface area contributed by atoms with Crippen LogP contribution in [0.25, 0.3) is 0 Å². The van der Waals surface area contributed by atoms with Gasteiger partial charge in [-0.05, 0) is 0 Å². The molecule has 0 aliphatic heterocycles. The van der Waals surface area contributed by atoms with Crippen molar-refractivity contribution in [3.05, 3.63) is 12.4 Å². The van der Waals surface area contributed by atoms with E-state index in [-0.39, 0.29) is 0 Å². The molecule has 1 rings (SSSR count).